The zero-order valence-corrected chi connectivity index (χ0v) is 11.9. The van der Waals surface area contributed by atoms with E-state index in [0.29, 0.717) is 5.82 Å². The Morgan fingerprint density at radius 1 is 1.38 bits per heavy atom. The third-order valence-corrected chi connectivity index (χ3v) is 3.65. The Bertz CT molecular complexity index is 676. The number of hydrogen-bond donors (Lipinski definition) is 1. The highest BCUT2D eigenvalue weighted by atomic mass is 16.1. The lowest BCUT2D eigenvalue weighted by atomic mass is 9.93. The molecule has 21 heavy (non-hydrogen) atoms. The molecule has 3 rings (SSSR count). The summed E-state index contributed by atoms with van der Waals surface area (Å²) in [5.41, 5.74) is 1.65. The first-order valence-corrected chi connectivity index (χ1v) is 7.02. The number of tetrazole rings is 1. The number of allylic oxidation sites excluding steroid dienone is 2. The number of nitrogens with zero attached hydrogens (tertiary/aromatic N) is 4. The van der Waals surface area contributed by atoms with Crippen LogP contribution in [0.1, 0.15) is 19.3 Å². The molecule has 1 atom stereocenters. The molecular formula is C15H17N5O. The number of aromatic nitrogens is 4. The lowest BCUT2D eigenvalue weighted by Gasteiger charge is -2.17. The van der Waals surface area contributed by atoms with Crippen molar-refractivity contribution in [2.24, 2.45) is 13.0 Å². The Morgan fingerprint density at radius 3 is 3.00 bits per heavy atom. The lowest BCUT2D eigenvalue weighted by molar-refractivity contribution is -0.120. The van der Waals surface area contributed by atoms with Crippen LogP contribution in [0.15, 0.2) is 36.4 Å². The molecule has 0 spiro atoms. The molecular weight excluding hydrogens is 266 g/mol. The van der Waals surface area contributed by atoms with Crippen molar-refractivity contribution in [1.82, 2.24) is 20.2 Å². The highest BCUT2D eigenvalue weighted by Crippen LogP contribution is 2.23. The largest absolute Gasteiger partial charge is 0.326 e. The summed E-state index contributed by atoms with van der Waals surface area (Å²) < 4.78 is 1.60. The van der Waals surface area contributed by atoms with Crippen molar-refractivity contribution in [3.05, 3.63) is 36.4 Å². The molecule has 1 amide bonds. The summed E-state index contributed by atoms with van der Waals surface area (Å²) in [5.74, 6) is 0.814. The maximum absolute atomic E-state index is 12.2. The lowest BCUT2D eigenvalue weighted by Crippen LogP contribution is -2.23. The van der Waals surface area contributed by atoms with Gasteiger partial charge in [-0.3, -0.25) is 4.79 Å². The van der Waals surface area contributed by atoms with Gasteiger partial charge in [-0.15, -0.1) is 5.10 Å². The van der Waals surface area contributed by atoms with Gasteiger partial charge in [-0.2, -0.15) is 0 Å². The van der Waals surface area contributed by atoms with Crippen molar-refractivity contribution in [3.63, 3.8) is 0 Å². The summed E-state index contributed by atoms with van der Waals surface area (Å²) in [4.78, 5) is 12.2. The first-order chi connectivity index (χ1) is 10.2. The number of aryl methyl sites for hydroxylation is 1. The molecule has 1 aliphatic rings. The van der Waals surface area contributed by atoms with Crippen LogP contribution in [0.4, 0.5) is 5.69 Å². The average molecular weight is 283 g/mol. The summed E-state index contributed by atoms with van der Waals surface area (Å²) in [7, 11) is 1.79. The van der Waals surface area contributed by atoms with Crippen molar-refractivity contribution >= 4 is 11.6 Å². The van der Waals surface area contributed by atoms with Crippen LogP contribution in [0.25, 0.3) is 11.4 Å². The Morgan fingerprint density at radius 2 is 2.29 bits per heavy atom. The summed E-state index contributed by atoms with van der Waals surface area (Å²) in [6.45, 7) is 0. The average Bonchev–Trinajstić information content (AvgIpc) is 2.94. The monoisotopic (exact) mass is 283 g/mol. The van der Waals surface area contributed by atoms with Crippen molar-refractivity contribution < 1.29 is 4.79 Å². The van der Waals surface area contributed by atoms with Gasteiger partial charge in [0, 0.05) is 24.2 Å². The third kappa shape index (κ3) is 2.99. The molecule has 0 radical (unpaired) electrons. The Balaban J connectivity index is 1.76. The minimum Gasteiger partial charge on any atom is -0.326 e. The van der Waals surface area contributed by atoms with E-state index in [2.05, 4.69) is 33.0 Å². The normalized spacial score (nSPS) is 17.7. The second kappa shape index (κ2) is 5.87. The SMILES string of the molecule is Cn1nnnc1-c1cccc(NC(=O)[C@H]2CC=CCC2)c1. The zero-order chi connectivity index (χ0) is 14.7. The smallest absolute Gasteiger partial charge is 0.227 e. The van der Waals surface area contributed by atoms with Crippen LogP contribution in [0.3, 0.4) is 0 Å². The van der Waals surface area contributed by atoms with Crippen LogP contribution in [-0.4, -0.2) is 26.1 Å². The number of rotatable bonds is 3. The number of carbonyl (C=O) groups is 1. The van der Waals surface area contributed by atoms with E-state index < -0.39 is 0 Å². The zero-order valence-electron chi connectivity index (χ0n) is 11.9. The molecule has 0 unspecified atom stereocenters. The van der Waals surface area contributed by atoms with Crippen LogP contribution in [-0.2, 0) is 11.8 Å². The molecule has 0 saturated heterocycles. The van der Waals surface area contributed by atoms with Crippen LogP contribution in [0, 0.1) is 5.92 Å². The van der Waals surface area contributed by atoms with Crippen molar-refractivity contribution in [2.75, 3.05) is 5.32 Å². The number of benzene rings is 1. The van der Waals surface area contributed by atoms with Crippen LogP contribution >= 0.6 is 0 Å². The van der Waals surface area contributed by atoms with E-state index in [9.17, 15) is 4.79 Å². The van der Waals surface area contributed by atoms with E-state index >= 15 is 0 Å². The van der Waals surface area contributed by atoms with E-state index in [1.807, 2.05) is 24.3 Å². The molecule has 0 bridgehead atoms. The maximum atomic E-state index is 12.2. The second-order valence-electron chi connectivity index (χ2n) is 5.18. The molecule has 6 nitrogen and oxygen atoms in total. The van der Waals surface area contributed by atoms with Gasteiger partial charge in [0.05, 0.1) is 0 Å². The van der Waals surface area contributed by atoms with Gasteiger partial charge in [-0.25, -0.2) is 4.68 Å². The van der Waals surface area contributed by atoms with Gasteiger partial charge in [-0.1, -0.05) is 24.3 Å². The van der Waals surface area contributed by atoms with Crippen molar-refractivity contribution in [3.8, 4) is 11.4 Å². The van der Waals surface area contributed by atoms with Crippen LogP contribution < -0.4 is 5.32 Å². The number of nitrogens with one attached hydrogen (secondary N) is 1. The topological polar surface area (TPSA) is 72.7 Å². The summed E-state index contributed by atoms with van der Waals surface area (Å²) >= 11 is 0. The standard InChI is InChI=1S/C15H17N5O/c1-20-14(17-18-19-20)12-8-5-9-13(10-12)16-15(21)11-6-3-2-4-7-11/h2-3,5,8-11H,4,6-7H2,1H3,(H,16,21)/t11-/m0/s1. The minimum absolute atomic E-state index is 0.0650. The number of carbonyl (C=O) groups excluding carboxylic acids is 1. The van der Waals surface area contributed by atoms with Gasteiger partial charge in [0.2, 0.25) is 5.91 Å². The molecule has 0 fully saturated rings. The molecule has 6 heteroatoms. The predicted octanol–water partition coefficient (Wildman–Crippen LogP) is 2.17. The predicted molar refractivity (Wildman–Crippen MR) is 79.3 cm³/mol. The molecule has 0 saturated carbocycles. The van der Waals surface area contributed by atoms with E-state index in [4.69, 9.17) is 0 Å². The van der Waals surface area contributed by atoms with E-state index in [1.54, 1.807) is 11.7 Å². The van der Waals surface area contributed by atoms with Gasteiger partial charge >= 0.3 is 0 Å². The van der Waals surface area contributed by atoms with Crippen LogP contribution in [0.2, 0.25) is 0 Å². The van der Waals surface area contributed by atoms with Crippen LogP contribution in [0.5, 0.6) is 0 Å². The van der Waals surface area contributed by atoms with E-state index in [1.165, 1.54) is 0 Å². The molecule has 1 aromatic heterocycles. The molecule has 1 aromatic carbocycles. The first-order valence-electron chi connectivity index (χ1n) is 7.02. The quantitative estimate of drug-likeness (QED) is 0.876. The molecule has 108 valence electrons. The summed E-state index contributed by atoms with van der Waals surface area (Å²) in [5, 5.41) is 14.4. The number of hydrogen-bond acceptors (Lipinski definition) is 4. The Hall–Kier alpha value is -2.50. The van der Waals surface area contributed by atoms with Gasteiger partial charge in [0.25, 0.3) is 0 Å². The summed E-state index contributed by atoms with van der Waals surface area (Å²) in [6.07, 6.45) is 6.91. The van der Waals surface area contributed by atoms with E-state index in [0.717, 1.165) is 30.5 Å². The highest BCUT2D eigenvalue weighted by Gasteiger charge is 2.18. The molecule has 1 aliphatic carbocycles. The fraction of sp³-hybridized carbons (Fsp3) is 0.333. The summed E-state index contributed by atoms with van der Waals surface area (Å²) in [6, 6.07) is 7.58. The van der Waals surface area contributed by atoms with Gasteiger partial charge < -0.3 is 5.32 Å². The fourth-order valence-electron chi connectivity index (χ4n) is 2.49. The molecule has 0 aliphatic heterocycles. The van der Waals surface area contributed by atoms with Crippen molar-refractivity contribution in [2.45, 2.75) is 19.3 Å². The highest BCUT2D eigenvalue weighted by molar-refractivity contribution is 5.93. The molecule has 1 N–H and O–H groups in total. The van der Waals surface area contributed by atoms with Gasteiger partial charge in [0.15, 0.2) is 5.82 Å². The number of amides is 1. The fourth-order valence-corrected chi connectivity index (χ4v) is 2.49. The Labute approximate surface area is 122 Å². The maximum Gasteiger partial charge on any atom is 0.227 e. The third-order valence-electron chi connectivity index (χ3n) is 3.65. The van der Waals surface area contributed by atoms with Gasteiger partial charge in [0.1, 0.15) is 0 Å². The van der Waals surface area contributed by atoms with Crippen molar-refractivity contribution in [1.29, 1.82) is 0 Å². The first kappa shape index (κ1) is 13.5. The number of anilines is 1. The second-order valence-corrected chi connectivity index (χ2v) is 5.18. The van der Waals surface area contributed by atoms with Gasteiger partial charge in [-0.05, 0) is 41.8 Å². The molecule has 1 heterocycles. The minimum atomic E-state index is 0.0650. The Kier molecular flexibility index (Phi) is 3.77. The molecule has 2 aromatic rings. The van der Waals surface area contributed by atoms with E-state index in [-0.39, 0.29) is 11.8 Å².